The van der Waals surface area contributed by atoms with Crippen LogP contribution in [0.15, 0.2) is 12.2 Å². The summed E-state index contributed by atoms with van der Waals surface area (Å²) in [6, 6.07) is 0. The molecular weight excluding hydrogens is 343 g/mol. The first-order chi connectivity index (χ1) is 8.08. The van der Waals surface area contributed by atoms with Crippen LogP contribution < -0.4 is 0 Å². The van der Waals surface area contributed by atoms with Crippen LogP contribution in [-0.2, 0) is 7.87 Å². The van der Waals surface area contributed by atoms with Crippen LogP contribution in [0.2, 0.25) is 10.3 Å². The second-order valence-electron chi connectivity index (χ2n) is 8.60. The molecular formula is C16H32O2Sn. The predicted molar refractivity (Wildman–Crippen MR) is 85.8 cm³/mol. The van der Waals surface area contributed by atoms with Gasteiger partial charge in [-0.1, -0.05) is 0 Å². The molecule has 0 spiro atoms. The topological polar surface area (TPSA) is 26.3 Å². The molecule has 0 heterocycles. The van der Waals surface area contributed by atoms with E-state index >= 15 is 0 Å². The van der Waals surface area contributed by atoms with Gasteiger partial charge in [-0.15, -0.1) is 0 Å². The Morgan fingerprint density at radius 1 is 0.842 bits per heavy atom. The third-order valence-electron chi connectivity index (χ3n) is 3.76. The van der Waals surface area contributed by atoms with E-state index < -0.39 is 18.8 Å². The van der Waals surface area contributed by atoms with E-state index in [0.29, 0.717) is 5.57 Å². The van der Waals surface area contributed by atoms with E-state index in [9.17, 15) is 4.79 Å². The molecule has 0 aromatic rings. The van der Waals surface area contributed by atoms with Crippen LogP contribution in [-0.4, -0.2) is 24.8 Å². The molecule has 0 radical (unpaired) electrons. The fourth-order valence-electron chi connectivity index (χ4n) is 4.06. The number of hydrogen-bond acceptors (Lipinski definition) is 2. The van der Waals surface area contributed by atoms with Crippen molar-refractivity contribution >= 4 is 24.8 Å². The molecule has 19 heavy (non-hydrogen) atoms. The maximum atomic E-state index is 12.2. The summed E-state index contributed by atoms with van der Waals surface area (Å²) in [5.74, 6) is -0.212. The Morgan fingerprint density at radius 3 is 1.26 bits per heavy atom. The third-order valence-corrected chi connectivity index (χ3v) is 23.3. The summed E-state index contributed by atoms with van der Waals surface area (Å²) in [6.45, 7) is 25.5. The molecule has 0 amide bonds. The van der Waals surface area contributed by atoms with Gasteiger partial charge in [0.2, 0.25) is 0 Å². The van der Waals surface area contributed by atoms with E-state index in [1.54, 1.807) is 6.92 Å². The molecule has 0 aliphatic heterocycles. The quantitative estimate of drug-likeness (QED) is 0.474. The molecule has 0 unspecified atom stereocenters. The van der Waals surface area contributed by atoms with E-state index in [2.05, 4.69) is 68.9 Å². The predicted octanol–water partition coefficient (Wildman–Crippen LogP) is 5.45. The number of rotatable bonds is 2. The van der Waals surface area contributed by atoms with Gasteiger partial charge in [0, 0.05) is 0 Å². The van der Waals surface area contributed by atoms with E-state index in [-0.39, 0.29) is 16.3 Å². The number of hydrogen-bond donors (Lipinski definition) is 0. The zero-order chi connectivity index (χ0) is 15.9. The zero-order valence-corrected chi connectivity index (χ0v) is 17.4. The molecule has 0 aromatic carbocycles. The van der Waals surface area contributed by atoms with Crippen LogP contribution in [0.25, 0.3) is 0 Å². The molecule has 0 atom stereocenters. The van der Waals surface area contributed by atoms with Crippen LogP contribution in [0.1, 0.15) is 69.2 Å². The van der Waals surface area contributed by atoms with Crippen molar-refractivity contribution in [2.24, 2.45) is 0 Å². The van der Waals surface area contributed by atoms with Gasteiger partial charge in [0.05, 0.1) is 0 Å². The van der Waals surface area contributed by atoms with E-state index in [1.807, 2.05) is 0 Å². The zero-order valence-electron chi connectivity index (χ0n) is 14.5. The Bertz CT molecular complexity index is 326. The van der Waals surface area contributed by atoms with Crippen molar-refractivity contribution in [2.75, 3.05) is 0 Å². The normalized spacial score (nSPS) is 14.2. The van der Waals surface area contributed by atoms with Crippen molar-refractivity contribution in [1.82, 2.24) is 0 Å². The van der Waals surface area contributed by atoms with Crippen LogP contribution >= 0.6 is 0 Å². The van der Waals surface area contributed by atoms with Gasteiger partial charge < -0.3 is 0 Å². The van der Waals surface area contributed by atoms with Gasteiger partial charge in [-0.25, -0.2) is 0 Å². The fraction of sp³-hybridized carbons (Fsp3) is 0.812. The van der Waals surface area contributed by atoms with Crippen LogP contribution in [0, 0.1) is 0 Å². The van der Waals surface area contributed by atoms with Crippen molar-refractivity contribution in [3.05, 3.63) is 12.2 Å². The molecule has 0 saturated carbocycles. The van der Waals surface area contributed by atoms with Crippen LogP contribution in [0.3, 0.4) is 0 Å². The van der Waals surface area contributed by atoms with Gasteiger partial charge in [0.25, 0.3) is 0 Å². The molecule has 0 fully saturated rings. The average molecular weight is 375 g/mol. The van der Waals surface area contributed by atoms with Gasteiger partial charge in [-0.2, -0.15) is 0 Å². The molecule has 3 heteroatoms. The summed E-state index contributed by atoms with van der Waals surface area (Å²) in [4.78, 5) is 12.2. The Kier molecular flexibility index (Phi) is 5.42. The summed E-state index contributed by atoms with van der Waals surface area (Å²) >= 11 is -3.38. The van der Waals surface area contributed by atoms with Gasteiger partial charge in [0.1, 0.15) is 0 Å². The summed E-state index contributed by atoms with van der Waals surface area (Å²) in [5.41, 5.74) is 0.499. The third kappa shape index (κ3) is 3.56. The number of carbonyl (C=O) groups is 1. The second kappa shape index (κ2) is 5.42. The fourth-order valence-corrected chi connectivity index (χ4v) is 27.2. The molecule has 0 aromatic heterocycles. The van der Waals surface area contributed by atoms with Crippen molar-refractivity contribution in [2.45, 2.75) is 79.5 Å². The van der Waals surface area contributed by atoms with Crippen molar-refractivity contribution in [3.8, 4) is 0 Å². The second-order valence-corrected chi connectivity index (χ2v) is 25.9. The van der Waals surface area contributed by atoms with E-state index in [1.165, 1.54) is 0 Å². The average Bonchev–Trinajstić information content (AvgIpc) is 2.06. The summed E-state index contributed by atoms with van der Waals surface area (Å²) in [5, 5.41) is 0. The van der Waals surface area contributed by atoms with Crippen LogP contribution in [0.4, 0.5) is 0 Å². The first-order valence-electron chi connectivity index (χ1n) is 6.97. The summed E-state index contributed by atoms with van der Waals surface area (Å²) < 4.78 is 6.34. The first kappa shape index (κ1) is 19.0. The van der Waals surface area contributed by atoms with Gasteiger partial charge in [-0.3, -0.25) is 0 Å². The van der Waals surface area contributed by atoms with E-state index in [0.717, 1.165) is 0 Å². The SMILES string of the molecule is C=C(C)C(=O)[O][Sn]([C](C)(C)C)([C](C)(C)C)[C](C)(C)C. The molecule has 0 N–H and O–H groups in total. The minimum absolute atomic E-state index is 0.0241. The molecule has 0 aliphatic carbocycles. The first-order valence-corrected chi connectivity index (χ1v) is 12.4. The standard InChI is InChI=1S/C4H6O2.3C4H9.Sn/c1-3(2)4(5)6;3*1-4(2)3;/h1H2,2H3,(H,5,6);3*1-3H3;/q;;;;+1/p-1. The van der Waals surface area contributed by atoms with Crippen LogP contribution in [0.5, 0.6) is 0 Å². The Morgan fingerprint density at radius 2 is 1.11 bits per heavy atom. The van der Waals surface area contributed by atoms with Gasteiger partial charge in [0.15, 0.2) is 0 Å². The Hall–Kier alpha value is 0.00870. The molecule has 0 rings (SSSR count). The summed E-state index contributed by atoms with van der Waals surface area (Å²) in [6.07, 6.45) is 0. The van der Waals surface area contributed by atoms with Crippen molar-refractivity contribution in [3.63, 3.8) is 0 Å². The monoisotopic (exact) mass is 376 g/mol. The summed E-state index contributed by atoms with van der Waals surface area (Å²) in [7, 11) is 0. The van der Waals surface area contributed by atoms with E-state index in [4.69, 9.17) is 3.07 Å². The minimum atomic E-state index is -3.38. The molecule has 2 nitrogen and oxygen atoms in total. The maximum absolute atomic E-state index is 12.2. The van der Waals surface area contributed by atoms with Gasteiger partial charge in [-0.05, 0) is 0 Å². The van der Waals surface area contributed by atoms with Crippen molar-refractivity contribution < 1.29 is 7.87 Å². The molecule has 112 valence electrons. The molecule has 0 aliphatic rings. The molecule has 0 saturated heterocycles. The van der Waals surface area contributed by atoms with Gasteiger partial charge >= 0.3 is 124 Å². The van der Waals surface area contributed by atoms with Crippen molar-refractivity contribution in [1.29, 1.82) is 0 Å². The molecule has 0 bridgehead atoms. The Balaban J connectivity index is 6.12. The number of carbonyl (C=O) groups excluding carboxylic acids is 1. The Labute approximate surface area is 124 Å².